The third-order valence-electron chi connectivity index (χ3n) is 4.79. The fourth-order valence-electron chi connectivity index (χ4n) is 3.13. The van der Waals surface area contributed by atoms with Crippen LogP contribution in [0, 0.1) is 0 Å². The molecule has 0 saturated carbocycles. The molecule has 2 aromatic heterocycles. The molecule has 29 heavy (non-hydrogen) atoms. The summed E-state index contributed by atoms with van der Waals surface area (Å²) in [7, 11) is 0. The molecular weight excluding hydrogens is 386 g/mol. The molecule has 148 valence electrons. The average Bonchev–Trinajstić information content (AvgIpc) is 3.18. The second-order valence-electron chi connectivity index (χ2n) is 6.94. The number of hydrogen-bond acceptors (Lipinski definition) is 3. The molecule has 0 saturated heterocycles. The lowest BCUT2D eigenvalue weighted by Crippen LogP contribution is -2.21. The van der Waals surface area contributed by atoms with Crippen molar-refractivity contribution in [2.45, 2.75) is 26.3 Å². The zero-order chi connectivity index (χ0) is 20.2. The first-order valence-corrected chi connectivity index (χ1v) is 10.1. The minimum absolute atomic E-state index is 0.0827. The molecule has 0 radical (unpaired) electrons. The maximum atomic E-state index is 12.9. The summed E-state index contributed by atoms with van der Waals surface area (Å²) in [5.74, 6) is 0.844. The van der Waals surface area contributed by atoms with Crippen LogP contribution in [0.3, 0.4) is 0 Å². The highest BCUT2D eigenvalue weighted by atomic mass is 35.5. The highest BCUT2D eigenvalue weighted by Gasteiger charge is 2.10. The molecule has 4 aromatic rings. The monoisotopic (exact) mass is 407 g/mol. The van der Waals surface area contributed by atoms with Crippen molar-refractivity contribution in [3.05, 3.63) is 87.9 Å². The first kappa shape index (κ1) is 19.3. The van der Waals surface area contributed by atoms with E-state index >= 15 is 0 Å². The molecule has 0 bridgehead atoms. The third-order valence-corrected chi connectivity index (χ3v) is 5.04. The van der Waals surface area contributed by atoms with Crippen LogP contribution in [-0.4, -0.2) is 20.8 Å². The number of benzene rings is 2. The summed E-state index contributed by atoms with van der Waals surface area (Å²) in [4.78, 5) is 12.9. The molecule has 0 spiro atoms. The van der Waals surface area contributed by atoms with Gasteiger partial charge in [-0.05, 0) is 54.4 Å². The van der Waals surface area contributed by atoms with Crippen LogP contribution >= 0.6 is 11.6 Å². The van der Waals surface area contributed by atoms with E-state index in [-0.39, 0.29) is 5.56 Å². The second kappa shape index (κ2) is 8.53. The molecule has 0 aliphatic rings. The Bertz CT molecular complexity index is 1160. The van der Waals surface area contributed by atoms with Gasteiger partial charge in [0.15, 0.2) is 0 Å². The fraction of sp³-hybridized carbons (Fsp3) is 0.217. The van der Waals surface area contributed by atoms with Crippen LogP contribution in [0.1, 0.15) is 25.3 Å². The van der Waals surface area contributed by atoms with E-state index in [0.29, 0.717) is 17.1 Å². The lowest BCUT2D eigenvalue weighted by atomic mass is 10.1. The van der Waals surface area contributed by atoms with Gasteiger partial charge in [0.1, 0.15) is 11.3 Å². The van der Waals surface area contributed by atoms with Crippen LogP contribution in [0.2, 0.25) is 5.02 Å². The third kappa shape index (κ3) is 4.35. The summed E-state index contributed by atoms with van der Waals surface area (Å²) in [5.41, 5.74) is 3.17. The Morgan fingerprint density at radius 2 is 1.79 bits per heavy atom. The Hall–Kier alpha value is -3.05. The highest BCUT2D eigenvalue weighted by Crippen LogP contribution is 2.22. The SMILES string of the molecule is CCCCOc1ccc(-c2cc3c(=O)n(Cc4ccc(Cl)cc4)ccn3n2)cc1. The van der Waals surface area contributed by atoms with Crippen molar-refractivity contribution in [2.24, 2.45) is 0 Å². The van der Waals surface area contributed by atoms with Gasteiger partial charge in [-0.2, -0.15) is 5.10 Å². The van der Waals surface area contributed by atoms with Crippen LogP contribution < -0.4 is 10.3 Å². The number of unbranched alkanes of at least 4 members (excludes halogenated alkanes) is 1. The Morgan fingerprint density at radius 1 is 1.03 bits per heavy atom. The van der Waals surface area contributed by atoms with Crippen molar-refractivity contribution in [3.8, 4) is 17.0 Å². The lowest BCUT2D eigenvalue weighted by molar-refractivity contribution is 0.309. The van der Waals surface area contributed by atoms with E-state index in [1.165, 1.54) is 0 Å². The number of rotatable bonds is 7. The first-order valence-electron chi connectivity index (χ1n) is 9.70. The van der Waals surface area contributed by atoms with Crippen LogP contribution in [0.25, 0.3) is 16.8 Å². The summed E-state index contributed by atoms with van der Waals surface area (Å²) < 4.78 is 9.01. The Balaban J connectivity index is 1.58. The van der Waals surface area contributed by atoms with Crippen LogP contribution in [0.5, 0.6) is 5.75 Å². The lowest BCUT2D eigenvalue weighted by Gasteiger charge is -2.06. The molecule has 0 aliphatic carbocycles. The maximum Gasteiger partial charge on any atom is 0.276 e. The van der Waals surface area contributed by atoms with Gasteiger partial charge in [-0.3, -0.25) is 4.79 Å². The topological polar surface area (TPSA) is 48.5 Å². The minimum Gasteiger partial charge on any atom is -0.494 e. The average molecular weight is 408 g/mol. The van der Waals surface area contributed by atoms with Gasteiger partial charge in [-0.25, -0.2) is 4.52 Å². The predicted molar refractivity (Wildman–Crippen MR) is 116 cm³/mol. The van der Waals surface area contributed by atoms with Gasteiger partial charge in [-0.15, -0.1) is 0 Å². The van der Waals surface area contributed by atoms with Gasteiger partial charge in [0.2, 0.25) is 0 Å². The van der Waals surface area contributed by atoms with Crippen LogP contribution in [0.4, 0.5) is 0 Å². The van der Waals surface area contributed by atoms with E-state index < -0.39 is 0 Å². The molecule has 0 unspecified atom stereocenters. The van der Waals surface area contributed by atoms with Crippen LogP contribution in [-0.2, 0) is 6.54 Å². The molecule has 0 N–H and O–H groups in total. The van der Waals surface area contributed by atoms with Crippen LogP contribution in [0.15, 0.2) is 71.8 Å². The number of fused-ring (bicyclic) bond motifs is 1. The molecule has 0 atom stereocenters. The van der Waals surface area contributed by atoms with E-state index in [9.17, 15) is 4.79 Å². The van der Waals surface area contributed by atoms with Crippen molar-refractivity contribution >= 4 is 17.1 Å². The van der Waals surface area contributed by atoms with E-state index in [1.807, 2.05) is 54.6 Å². The van der Waals surface area contributed by atoms with Crippen molar-refractivity contribution in [2.75, 3.05) is 6.61 Å². The first-order chi connectivity index (χ1) is 14.1. The van der Waals surface area contributed by atoms with E-state index in [4.69, 9.17) is 16.3 Å². The predicted octanol–water partition coefficient (Wildman–Crippen LogP) is 5.04. The molecule has 6 heteroatoms. The van der Waals surface area contributed by atoms with Gasteiger partial charge >= 0.3 is 0 Å². The Labute approximate surface area is 174 Å². The molecular formula is C23H22ClN3O2. The smallest absolute Gasteiger partial charge is 0.276 e. The normalized spacial score (nSPS) is 11.1. The zero-order valence-corrected chi connectivity index (χ0v) is 17.0. The van der Waals surface area contributed by atoms with Gasteiger partial charge < -0.3 is 9.30 Å². The number of aromatic nitrogens is 3. The molecule has 4 rings (SSSR count). The summed E-state index contributed by atoms with van der Waals surface area (Å²) in [5, 5.41) is 5.23. The summed E-state index contributed by atoms with van der Waals surface area (Å²) in [6.07, 6.45) is 5.70. The van der Waals surface area contributed by atoms with Gasteiger partial charge in [0.25, 0.3) is 5.56 Å². The Kier molecular flexibility index (Phi) is 5.67. The fourth-order valence-corrected chi connectivity index (χ4v) is 3.26. The van der Waals surface area contributed by atoms with Gasteiger partial charge in [0.05, 0.1) is 18.8 Å². The maximum absolute atomic E-state index is 12.9. The van der Waals surface area contributed by atoms with Crippen molar-refractivity contribution < 1.29 is 4.74 Å². The highest BCUT2D eigenvalue weighted by molar-refractivity contribution is 6.30. The summed E-state index contributed by atoms with van der Waals surface area (Å²) in [6.45, 7) is 3.34. The largest absolute Gasteiger partial charge is 0.494 e. The van der Waals surface area contributed by atoms with Gasteiger partial charge in [0, 0.05) is 23.0 Å². The van der Waals surface area contributed by atoms with E-state index in [1.54, 1.807) is 21.5 Å². The molecule has 0 fully saturated rings. The molecule has 0 aliphatic heterocycles. The minimum atomic E-state index is -0.0827. The molecule has 5 nitrogen and oxygen atoms in total. The number of nitrogens with zero attached hydrogens (tertiary/aromatic N) is 3. The van der Waals surface area contributed by atoms with Crippen molar-refractivity contribution in [1.82, 2.24) is 14.2 Å². The summed E-state index contributed by atoms with van der Waals surface area (Å²) in [6, 6.07) is 17.1. The van der Waals surface area contributed by atoms with E-state index in [0.717, 1.165) is 42.0 Å². The van der Waals surface area contributed by atoms with Crippen molar-refractivity contribution in [1.29, 1.82) is 0 Å². The second-order valence-corrected chi connectivity index (χ2v) is 7.38. The zero-order valence-electron chi connectivity index (χ0n) is 16.2. The number of halogens is 1. The quantitative estimate of drug-likeness (QED) is 0.403. The number of ether oxygens (including phenoxy) is 1. The van der Waals surface area contributed by atoms with Gasteiger partial charge in [-0.1, -0.05) is 37.1 Å². The number of hydrogen-bond donors (Lipinski definition) is 0. The molecule has 0 amide bonds. The molecule has 2 heterocycles. The van der Waals surface area contributed by atoms with E-state index in [2.05, 4.69) is 12.0 Å². The molecule has 2 aromatic carbocycles. The summed E-state index contributed by atoms with van der Waals surface area (Å²) >= 11 is 5.94. The Morgan fingerprint density at radius 3 is 2.52 bits per heavy atom. The van der Waals surface area contributed by atoms with Crippen molar-refractivity contribution in [3.63, 3.8) is 0 Å². The standard InChI is InChI=1S/C23H22ClN3O2/c1-2-3-14-29-20-10-6-18(7-11-20)21-15-22-23(28)26(12-13-27(22)25-21)16-17-4-8-19(24)9-5-17/h4-13,15H,2-3,14,16H2,1H3.